The van der Waals surface area contributed by atoms with E-state index < -0.39 is 36.1 Å². The second kappa shape index (κ2) is 4.83. The van der Waals surface area contributed by atoms with Crippen molar-refractivity contribution in [1.82, 2.24) is 4.90 Å². The van der Waals surface area contributed by atoms with Crippen molar-refractivity contribution >= 4 is 5.97 Å². The van der Waals surface area contributed by atoms with Crippen LogP contribution in [0.15, 0.2) is 0 Å². The zero-order chi connectivity index (χ0) is 13.4. The van der Waals surface area contributed by atoms with Gasteiger partial charge >= 0.3 is 11.8 Å². The summed E-state index contributed by atoms with van der Waals surface area (Å²) in [6, 6.07) is 0. The Morgan fingerprint density at radius 3 is 2.47 bits per heavy atom. The number of carboxylic acid groups (broad SMARTS) is 1. The molecule has 0 radical (unpaired) electrons. The molecule has 17 heavy (non-hydrogen) atoms. The third kappa shape index (κ3) is 2.56. The van der Waals surface area contributed by atoms with Crippen LogP contribution in [0.25, 0.3) is 0 Å². The lowest BCUT2D eigenvalue weighted by molar-refractivity contribution is -0.283. The topological polar surface area (TPSA) is 70.0 Å². The lowest BCUT2D eigenvalue weighted by Gasteiger charge is -2.42. The van der Waals surface area contributed by atoms with E-state index in [0.29, 0.717) is 0 Å². The lowest BCUT2D eigenvalue weighted by atomic mass is 9.87. The normalized spacial score (nSPS) is 42.8. The molecular weight excluding hydrogens is 236 g/mol. The monoisotopic (exact) mass is 253 g/mol. The van der Waals surface area contributed by atoms with Crippen molar-refractivity contribution in [3.8, 4) is 0 Å². The standard InChI is InChI=1S/C10H17F2NO4/c1-5-6(4-13(2)3)17-10(12,9(15)16)8(11)7(5)14/h5-8,14H,4H2,1-3H3,(H,15,16). The Labute approximate surface area is 98.0 Å². The van der Waals surface area contributed by atoms with Crippen LogP contribution in [0.1, 0.15) is 6.92 Å². The molecule has 1 aliphatic heterocycles. The van der Waals surface area contributed by atoms with E-state index >= 15 is 0 Å². The molecule has 100 valence electrons. The van der Waals surface area contributed by atoms with Gasteiger partial charge in [-0.1, -0.05) is 6.92 Å². The molecule has 0 bridgehead atoms. The molecule has 7 heteroatoms. The van der Waals surface area contributed by atoms with Crippen LogP contribution < -0.4 is 0 Å². The number of halogens is 2. The van der Waals surface area contributed by atoms with Gasteiger partial charge in [0.15, 0.2) is 6.17 Å². The molecule has 5 nitrogen and oxygen atoms in total. The van der Waals surface area contributed by atoms with Crippen LogP contribution in [-0.2, 0) is 9.53 Å². The predicted molar refractivity (Wildman–Crippen MR) is 55.0 cm³/mol. The van der Waals surface area contributed by atoms with Crippen LogP contribution in [0.3, 0.4) is 0 Å². The van der Waals surface area contributed by atoms with Crippen molar-refractivity contribution in [3.05, 3.63) is 0 Å². The minimum Gasteiger partial charge on any atom is -0.477 e. The average Bonchev–Trinajstić information content (AvgIpc) is 2.22. The number of alkyl halides is 2. The summed E-state index contributed by atoms with van der Waals surface area (Å²) < 4.78 is 32.0. The molecule has 0 aromatic heterocycles. The molecule has 0 aliphatic carbocycles. The highest BCUT2D eigenvalue weighted by Crippen LogP contribution is 2.36. The van der Waals surface area contributed by atoms with Crippen molar-refractivity contribution < 1.29 is 28.5 Å². The first-order chi connectivity index (χ1) is 7.70. The van der Waals surface area contributed by atoms with Crippen LogP contribution in [0.5, 0.6) is 0 Å². The maximum atomic E-state index is 13.8. The summed E-state index contributed by atoms with van der Waals surface area (Å²) in [6.07, 6.45) is -5.17. The van der Waals surface area contributed by atoms with Crippen molar-refractivity contribution in [2.45, 2.75) is 31.2 Å². The summed E-state index contributed by atoms with van der Waals surface area (Å²) in [4.78, 5) is 12.4. The molecule has 1 saturated heterocycles. The molecule has 1 fully saturated rings. The van der Waals surface area contributed by atoms with E-state index in [2.05, 4.69) is 0 Å². The SMILES string of the molecule is CC1C(CN(C)C)OC(F)(C(=O)O)C(F)C1O. The second-order valence-electron chi connectivity index (χ2n) is 4.62. The summed E-state index contributed by atoms with van der Waals surface area (Å²) in [5, 5.41) is 18.2. The molecule has 0 aromatic carbocycles. The number of hydrogen-bond donors (Lipinski definition) is 2. The number of ether oxygens (including phenoxy) is 1. The van der Waals surface area contributed by atoms with Gasteiger partial charge in [0.25, 0.3) is 0 Å². The van der Waals surface area contributed by atoms with E-state index in [1.165, 1.54) is 6.92 Å². The summed E-state index contributed by atoms with van der Waals surface area (Å²) in [5.41, 5.74) is 0. The first-order valence-electron chi connectivity index (χ1n) is 5.27. The fourth-order valence-electron chi connectivity index (χ4n) is 1.83. The fraction of sp³-hybridized carbons (Fsp3) is 0.900. The molecule has 0 amide bonds. The molecule has 5 atom stereocenters. The van der Waals surface area contributed by atoms with Crippen LogP contribution in [-0.4, -0.2) is 66.0 Å². The van der Waals surface area contributed by atoms with Crippen LogP contribution in [0.4, 0.5) is 8.78 Å². The minimum absolute atomic E-state index is 0.198. The predicted octanol–water partition coefficient (Wildman–Crippen LogP) is 0.0323. The number of carbonyl (C=O) groups is 1. The zero-order valence-corrected chi connectivity index (χ0v) is 9.93. The molecule has 0 aromatic rings. The summed E-state index contributed by atoms with van der Waals surface area (Å²) >= 11 is 0. The maximum absolute atomic E-state index is 13.8. The maximum Gasteiger partial charge on any atom is 0.372 e. The van der Waals surface area contributed by atoms with Gasteiger partial charge < -0.3 is 19.8 Å². The molecule has 1 aliphatic rings. The first kappa shape index (κ1) is 14.3. The minimum atomic E-state index is -3.48. The molecular formula is C10H17F2NO4. The molecule has 2 N–H and O–H groups in total. The summed E-state index contributed by atoms with van der Waals surface area (Å²) in [6.45, 7) is 1.69. The second-order valence-corrected chi connectivity index (χ2v) is 4.62. The number of aliphatic hydroxyl groups excluding tert-OH is 1. The first-order valence-corrected chi connectivity index (χ1v) is 5.27. The lowest BCUT2D eigenvalue weighted by Crippen LogP contribution is -2.62. The fourth-order valence-corrected chi connectivity index (χ4v) is 1.83. The smallest absolute Gasteiger partial charge is 0.372 e. The Bertz CT molecular complexity index is 302. The zero-order valence-electron chi connectivity index (χ0n) is 9.93. The summed E-state index contributed by atoms with van der Waals surface area (Å²) in [5.74, 6) is -6.22. The van der Waals surface area contributed by atoms with E-state index in [0.717, 1.165) is 0 Å². The molecule has 1 rings (SSSR count). The number of aliphatic hydroxyl groups is 1. The number of nitrogens with zero attached hydrogens (tertiary/aromatic N) is 1. The van der Waals surface area contributed by atoms with Gasteiger partial charge in [0.2, 0.25) is 0 Å². The number of hydrogen-bond acceptors (Lipinski definition) is 4. The van der Waals surface area contributed by atoms with Gasteiger partial charge in [-0.25, -0.2) is 9.18 Å². The number of carboxylic acids is 1. The highest BCUT2D eigenvalue weighted by Gasteiger charge is 2.59. The third-order valence-corrected chi connectivity index (χ3v) is 2.94. The van der Waals surface area contributed by atoms with E-state index in [1.807, 2.05) is 0 Å². The largest absolute Gasteiger partial charge is 0.477 e. The Morgan fingerprint density at radius 1 is 1.53 bits per heavy atom. The Hall–Kier alpha value is -0.790. The van der Waals surface area contributed by atoms with Gasteiger partial charge in [-0.2, -0.15) is 4.39 Å². The highest BCUT2D eigenvalue weighted by molar-refractivity contribution is 5.76. The summed E-state index contributed by atoms with van der Waals surface area (Å²) in [7, 11) is 3.37. The van der Waals surface area contributed by atoms with Crippen molar-refractivity contribution in [2.24, 2.45) is 5.92 Å². The van der Waals surface area contributed by atoms with E-state index in [1.54, 1.807) is 19.0 Å². The van der Waals surface area contributed by atoms with Crippen LogP contribution in [0, 0.1) is 5.92 Å². The van der Waals surface area contributed by atoms with Crippen LogP contribution >= 0.6 is 0 Å². The van der Waals surface area contributed by atoms with Gasteiger partial charge in [0.1, 0.15) is 0 Å². The van der Waals surface area contributed by atoms with E-state index in [-0.39, 0.29) is 6.54 Å². The van der Waals surface area contributed by atoms with Crippen molar-refractivity contribution in [2.75, 3.05) is 20.6 Å². The molecule has 0 saturated carbocycles. The molecule has 1 heterocycles. The Balaban J connectivity index is 2.94. The number of likely N-dealkylation sites (N-methyl/N-ethyl adjacent to an activating group) is 1. The Kier molecular flexibility index (Phi) is 4.06. The van der Waals surface area contributed by atoms with E-state index in [9.17, 15) is 18.7 Å². The number of aliphatic carboxylic acids is 1. The van der Waals surface area contributed by atoms with Gasteiger partial charge in [0.05, 0.1) is 12.2 Å². The average molecular weight is 253 g/mol. The van der Waals surface area contributed by atoms with Gasteiger partial charge in [-0.3, -0.25) is 0 Å². The van der Waals surface area contributed by atoms with E-state index in [4.69, 9.17) is 9.84 Å². The quantitative estimate of drug-likeness (QED) is 0.742. The molecule has 5 unspecified atom stereocenters. The van der Waals surface area contributed by atoms with Gasteiger partial charge in [-0.05, 0) is 14.1 Å². The highest BCUT2D eigenvalue weighted by atomic mass is 19.2. The Morgan fingerprint density at radius 2 is 2.06 bits per heavy atom. The third-order valence-electron chi connectivity index (χ3n) is 2.94. The van der Waals surface area contributed by atoms with Crippen molar-refractivity contribution in [3.63, 3.8) is 0 Å². The van der Waals surface area contributed by atoms with Gasteiger partial charge in [-0.15, -0.1) is 0 Å². The van der Waals surface area contributed by atoms with Gasteiger partial charge in [0, 0.05) is 12.5 Å². The molecule has 0 spiro atoms. The van der Waals surface area contributed by atoms with Crippen LogP contribution in [0.2, 0.25) is 0 Å². The number of rotatable bonds is 3. The van der Waals surface area contributed by atoms with Crippen molar-refractivity contribution in [1.29, 1.82) is 0 Å².